The summed E-state index contributed by atoms with van der Waals surface area (Å²) in [4.78, 5) is 22.0. The van der Waals surface area contributed by atoms with Crippen molar-refractivity contribution < 1.29 is 6.21 Å². The number of benzene rings is 2. The number of nitrogens with one attached hydrogen (secondary N) is 4. The van der Waals surface area contributed by atoms with Gasteiger partial charge in [0.05, 0.1) is 24.0 Å². The van der Waals surface area contributed by atoms with Gasteiger partial charge in [-0.25, -0.2) is 4.98 Å². The molecule has 35 heavy (non-hydrogen) atoms. The van der Waals surface area contributed by atoms with E-state index in [1.165, 1.54) is 11.4 Å². The molecule has 2 aromatic carbocycles. The number of Topliss-reactive ketones (excluding diaryl/α,β-unsaturated/α-hetero) is 1. The molecule has 6 heteroatoms. The van der Waals surface area contributed by atoms with Gasteiger partial charge in [0, 0.05) is 17.8 Å². The maximum atomic E-state index is 12.5. The van der Waals surface area contributed by atoms with Crippen molar-refractivity contribution >= 4 is 5.78 Å². The van der Waals surface area contributed by atoms with Crippen LogP contribution in [-0.4, -0.2) is 39.9 Å². The van der Waals surface area contributed by atoms with Gasteiger partial charge in [-0.1, -0.05) is 48.5 Å². The third-order valence-electron chi connectivity index (χ3n) is 7.19. The molecule has 2 atom stereocenters. The van der Waals surface area contributed by atoms with Crippen LogP contribution in [0, 0.1) is 0 Å². The number of rotatable bonds is 7. The summed E-state index contributed by atoms with van der Waals surface area (Å²) in [5, 5.41) is 6.76. The smallest absolute Gasteiger partial charge is 0.167 e. The fourth-order valence-corrected chi connectivity index (χ4v) is 5.16. The van der Waals surface area contributed by atoms with Crippen LogP contribution in [-0.2, 0) is 11.2 Å². The summed E-state index contributed by atoms with van der Waals surface area (Å²) >= 11 is 0. The second-order valence-electron chi connectivity index (χ2n) is 9.61. The van der Waals surface area contributed by atoms with Crippen molar-refractivity contribution in [1.29, 1.82) is 0 Å². The van der Waals surface area contributed by atoms with Crippen molar-refractivity contribution in [3.63, 3.8) is 0 Å². The van der Waals surface area contributed by atoms with Gasteiger partial charge in [0.25, 0.3) is 0 Å². The van der Waals surface area contributed by atoms with Crippen LogP contribution in [0.1, 0.15) is 43.1 Å². The first-order chi connectivity index (χ1) is 17.7. The van der Waals surface area contributed by atoms with Crippen molar-refractivity contribution in [3.8, 4) is 33.8 Å². The van der Waals surface area contributed by atoms with Gasteiger partial charge in [-0.15, -0.1) is 0 Å². The van der Waals surface area contributed by atoms with Crippen LogP contribution in [0.5, 0.6) is 0 Å². The van der Waals surface area contributed by atoms with E-state index in [-0.39, 0.29) is 11.8 Å². The van der Waals surface area contributed by atoms with Crippen LogP contribution < -0.4 is 10.6 Å². The molecule has 6 rings (SSSR count). The van der Waals surface area contributed by atoms with E-state index in [1.54, 1.807) is 0 Å². The Labute approximate surface area is 207 Å². The number of imidazole rings is 1. The quantitative estimate of drug-likeness (QED) is 0.308. The first-order valence-corrected chi connectivity index (χ1v) is 12.6. The lowest BCUT2D eigenvalue weighted by Crippen LogP contribution is -2.31. The van der Waals surface area contributed by atoms with Crippen LogP contribution in [0.15, 0.2) is 66.9 Å². The summed E-state index contributed by atoms with van der Waals surface area (Å²) in [5.41, 5.74) is 6.72. The average molecular weight is 467 g/mol. The maximum absolute atomic E-state index is 12.5. The van der Waals surface area contributed by atoms with E-state index in [0.29, 0.717) is 12.5 Å². The second kappa shape index (κ2) is 9.64. The van der Waals surface area contributed by atoms with Gasteiger partial charge in [-0.2, -0.15) is 0 Å². The van der Waals surface area contributed by atoms with Gasteiger partial charge in [-0.05, 0) is 73.2 Å². The Hall–Kier alpha value is -3.48. The van der Waals surface area contributed by atoms with E-state index in [9.17, 15) is 4.79 Å². The standard InChI is InChI=1S/C29H31N5O/c35-28(25-3-1-15-30-25)17-19-5-7-20(8-6-19)23-13-14-24(33-23)21-9-11-22(12-10-21)27-18-32-29(34-27)26-4-2-16-31-26/h5-14,18,25-26,30-31,33H,1-4,15-17H2,(H,32,34)/i/hD. The molecule has 0 saturated carbocycles. The average Bonchev–Trinajstić information content (AvgIpc) is 3.72. The van der Waals surface area contributed by atoms with E-state index < -0.39 is 0 Å². The zero-order valence-electron chi connectivity index (χ0n) is 20.8. The highest BCUT2D eigenvalue weighted by Crippen LogP contribution is 2.28. The molecule has 0 spiro atoms. The molecule has 2 unspecified atom stereocenters. The highest BCUT2D eigenvalue weighted by Gasteiger charge is 2.22. The van der Waals surface area contributed by atoms with Crippen molar-refractivity contribution in [2.75, 3.05) is 13.1 Å². The lowest BCUT2D eigenvalue weighted by atomic mass is 10.0. The molecule has 2 saturated heterocycles. The Kier molecular flexibility index (Phi) is 5.75. The van der Waals surface area contributed by atoms with Crippen LogP contribution in [0.25, 0.3) is 33.8 Å². The molecular weight excluding hydrogens is 434 g/mol. The molecule has 2 aliphatic heterocycles. The van der Waals surface area contributed by atoms with E-state index >= 15 is 0 Å². The molecule has 178 valence electrons. The molecule has 0 aliphatic carbocycles. The van der Waals surface area contributed by atoms with Crippen LogP contribution >= 0.6 is 0 Å². The van der Waals surface area contributed by atoms with E-state index in [2.05, 4.69) is 44.9 Å². The zero-order valence-corrected chi connectivity index (χ0v) is 19.8. The number of hydrogen-bond donors (Lipinski definition) is 4. The number of nitrogens with zero attached hydrogens (tertiary/aromatic N) is 1. The third-order valence-corrected chi connectivity index (χ3v) is 7.19. The Morgan fingerprint density at radius 3 is 2.09 bits per heavy atom. The van der Waals surface area contributed by atoms with Crippen molar-refractivity contribution in [2.24, 2.45) is 0 Å². The van der Waals surface area contributed by atoms with Crippen LogP contribution in [0.2, 0.25) is 1.41 Å². The predicted octanol–water partition coefficient (Wildman–Crippen LogP) is 5.03. The predicted molar refractivity (Wildman–Crippen MR) is 139 cm³/mol. The summed E-state index contributed by atoms with van der Waals surface area (Å²) in [5.74, 6) is 1.26. The molecule has 0 radical (unpaired) electrons. The van der Waals surface area contributed by atoms with Gasteiger partial charge < -0.3 is 20.6 Å². The first-order valence-electron chi connectivity index (χ1n) is 13.1. The Balaban J connectivity index is 1.16. The number of aromatic amines is 2. The van der Waals surface area contributed by atoms with Crippen LogP contribution in [0.3, 0.4) is 0 Å². The SMILES string of the molecule is [2H]n1c(-c2ccc(CC(=O)C3CCCN3)cc2)ccc1-c1ccc(-c2cnc(C3CCCN3)[nH]2)cc1. The van der Waals surface area contributed by atoms with Crippen LogP contribution in [0.4, 0.5) is 0 Å². The molecule has 0 amide bonds. The highest BCUT2D eigenvalue weighted by molar-refractivity contribution is 5.86. The normalized spacial score (nSPS) is 20.3. The summed E-state index contributed by atoms with van der Waals surface area (Å²) in [6, 6.07) is 20.6. The summed E-state index contributed by atoms with van der Waals surface area (Å²) in [7, 11) is 0. The number of ketones is 1. The number of H-pyrrole nitrogens is 2. The summed E-state index contributed by atoms with van der Waals surface area (Å²) < 4.78 is 8.73. The van der Waals surface area contributed by atoms with Gasteiger partial charge in [0.2, 0.25) is 0 Å². The lowest BCUT2D eigenvalue weighted by Gasteiger charge is -2.09. The lowest BCUT2D eigenvalue weighted by molar-refractivity contribution is -0.120. The second-order valence-corrected chi connectivity index (χ2v) is 9.61. The molecule has 4 aromatic rings. The molecule has 0 bridgehead atoms. The molecule has 4 heterocycles. The molecule has 6 nitrogen and oxygen atoms in total. The minimum atomic E-state index is 0.00344. The van der Waals surface area contributed by atoms with Crippen molar-refractivity contribution in [3.05, 3.63) is 78.2 Å². The number of aromatic nitrogens is 3. The monoisotopic (exact) mass is 466 g/mol. The van der Waals surface area contributed by atoms with E-state index in [1.807, 2.05) is 42.6 Å². The molecular formula is C29H31N5O. The zero-order chi connectivity index (χ0) is 24.5. The first kappa shape index (κ1) is 20.9. The largest absolute Gasteiger partial charge is 0.355 e. The number of carbonyl (C=O) groups excluding carboxylic acids is 1. The maximum Gasteiger partial charge on any atom is 0.167 e. The fourth-order valence-electron chi connectivity index (χ4n) is 5.16. The Bertz CT molecular complexity index is 1340. The van der Waals surface area contributed by atoms with Crippen molar-refractivity contribution in [2.45, 2.75) is 44.2 Å². The minimum absolute atomic E-state index is 0.00344. The van der Waals surface area contributed by atoms with Gasteiger partial charge >= 0.3 is 0 Å². The van der Waals surface area contributed by atoms with Gasteiger partial charge in [0.15, 0.2) is 7.20 Å². The minimum Gasteiger partial charge on any atom is -0.355 e. The Morgan fingerprint density at radius 1 is 0.829 bits per heavy atom. The number of hydrogen-bond acceptors (Lipinski definition) is 4. The molecule has 2 fully saturated rings. The Morgan fingerprint density at radius 2 is 1.46 bits per heavy atom. The molecule has 2 aliphatic rings. The summed E-state index contributed by atoms with van der Waals surface area (Å²) in [6.07, 6.45) is 6.67. The third kappa shape index (κ3) is 4.72. The molecule has 4 N–H and O–H groups in total. The topological polar surface area (TPSA) is 85.6 Å². The highest BCUT2D eigenvalue weighted by atomic mass is 16.1. The molecule has 2 aromatic heterocycles. The van der Waals surface area contributed by atoms with E-state index in [4.69, 9.17) is 1.41 Å². The fraction of sp³-hybridized carbons (Fsp3) is 0.310. The van der Waals surface area contributed by atoms with Gasteiger partial charge in [-0.3, -0.25) is 4.79 Å². The van der Waals surface area contributed by atoms with Gasteiger partial charge in [0.1, 0.15) is 5.82 Å². The van der Waals surface area contributed by atoms with E-state index in [0.717, 1.165) is 77.5 Å². The number of carbonyl (C=O) groups is 1. The van der Waals surface area contributed by atoms with Crippen molar-refractivity contribution in [1.82, 2.24) is 25.6 Å². The summed E-state index contributed by atoms with van der Waals surface area (Å²) in [6.45, 7) is 1.98.